The molecule has 0 heterocycles. The molecule has 0 aromatic rings. The van der Waals surface area contributed by atoms with Crippen LogP contribution >= 0.6 is 0 Å². The van der Waals surface area contributed by atoms with Gasteiger partial charge in [-0.1, -0.05) is 20.3 Å². The van der Waals surface area contributed by atoms with Gasteiger partial charge < -0.3 is 16.2 Å². The Morgan fingerprint density at radius 2 is 2.07 bits per heavy atom. The molecule has 0 fully saturated rings. The Bertz CT molecular complexity index is 206. The molecule has 0 rings (SSSR count). The topological polar surface area (TPSA) is 92.4 Å². The Labute approximate surface area is 83.7 Å². The van der Waals surface area contributed by atoms with E-state index in [1.165, 1.54) is 0 Å². The van der Waals surface area contributed by atoms with Gasteiger partial charge in [-0.2, -0.15) is 0 Å². The van der Waals surface area contributed by atoms with E-state index in [1.807, 2.05) is 13.8 Å². The highest BCUT2D eigenvalue weighted by atomic mass is 16.4. The van der Waals surface area contributed by atoms with E-state index in [-0.39, 0.29) is 18.9 Å². The highest BCUT2D eigenvalue weighted by Gasteiger charge is 2.20. The first kappa shape index (κ1) is 12.9. The normalized spacial score (nSPS) is 14.7. The number of rotatable bonds is 7. The van der Waals surface area contributed by atoms with Gasteiger partial charge in [-0.3, -0.25) is 9.59 Å². The molecule has 1 unspecified atom stereocenters. The van der Waals surface area contributed by atoms with Crippen molar-refractivity contribution >= 4 is 11.9 Å². The third kappa shape index (κ3) is 4.81. The minimum atomic E-state index is -0.884. The number of carboxylic acid groups (broad SMARTS) is 1. The van der Waals surface area contributed by atoms with Gasteiger partial charge in [-0.15, -0.1) is 0 Å². The van der Waals surface area contributed by atoms with Crippen molar-refractivity contribution in [3.8, 4) is 0 Å². The standard InChI is InChI=1S/C9H18N2O3/c1-3-6(2)8(9(10)14)11-5-4-7(12)13/h6,8,11H,3-5H2,1-2H3,(H2,10,14)(H,12,13)/t6?,8-/m0/s1. The molecule has 0 aromatic heterocycles. The molecule has 0 saturated heterocycles. The summed E-state index contributed by atoms with van der Waals surface area (Å²) >= 11 is 0. The summed E-state index contributed by atoms with van der Waals surface area (Å²) in [4.78, 5) is 21.2. The number of amides is 1. The zero-order chi connectivity index (χ0) is 11.1. The lowest BCUT2D eigenvalue weighted by Crippen LogP contribution is -2.46. The maximum Gasteiger partial charge on any atom is 0.304 e. The zero-order valence-electron chi connectivity index (χ0n) is 8.62. The second-order valence-electron chi connectivity index (χ2n) is 3.36. The van der Waals surface area contributed by atoms with Crippen LogP contribution in [0.4, 0.5) is 0 Å². The van der Waals surface area contributed by atoms with Crippen LogP contribution in [0.5, 0.6) is 0 Å². The van der Waals surface area contributed by atoms with Crippen molar-refractivity contribution in [2.24, 2.45) is 11.7 Å². The number of nitrogens with one attached hydrogen (secondary N) is 1. The van der Waals surface area contributed by atoms with Crippen LogP contribution < -0.4 is 11.1 Å². The number of carboxylic acids is 1. The molecule has 5 heteroatoms. The van der Waals surface area contributed by atoms with Crippen molar-refractivity contribution in [2.45, 2.75) is 32.7 Å². The van der Waals surface area contributed by atoms with Gasteiger partial charge >= 0.3 is 5.97 Å². The summed E-state index contributed by atoms with van der Waals surface area (Å²) in [6.07, 6.45) is 0.827. The van der Waals surface area contributed by atoms with Gasteiger partial charge in [0.05, 0.1) is 12.5 Å². The first-order valence-corrected chi connectivity index (χ1v) is 4.73. The minimum absolute atomic E-state index is 0.000213. The van der Waals surface area contributed by atoms with E-state index in [0.717, 1.165) is 6.42 Å². The average Bonchev–Trinajstić information content (AvgIpc) is 2.10. The summed E-state index contributed by atoms with van der Waals surface area (Å²) < 4.78 is 0. The second kappa shape index (κ2) is 6.37. The molecular formula is C9H18N2O3. The molecule has 0 aliphatic carbocycles. The van der Waals surface area contributed by atoms with Gasteiger partial charge in [0.25, 0.3) is 0 Å². The molecule has 0 radical (unpaired) electrons. The summed E-state index contributed by atoms with van der Waals surface area (Å²) in [6, 6.07) is -0.431. The fourth-order valence-corrected chi connectivity index (χ4v) is 1.15. The quantitative estimate of drug-likeness (QED) is 0.539. The van der Waals surface area contributed by atoms with Crippen LogP contribution in [0.15, 0.2) is 0 Å². The summed E-state index contributed by atoms with van der Waals surface area (Å²) in [6.45, 7) is 4.13. The average molecular weight is 202 g/mol. The number of carbonyl (C=O) groups is 2. The molecule has 2 atom stereocenters. The minimum Gasteiger partial charge on any atom is -0.481 e. The van der Waals surface area contributed by atoms with Crippen molar-refractivity contribution in [1.29, 1.82) is 0 Å². The largest absolute Gasteiger partial charge is 0.481 e. The Hall–Kier alpha value is -1.10. The predicted molar refractivity (Wildman–Crippen MR) is 52.7 cm³/mol. The van der Waals surface area contributed by atoms with Crippen LogP contribution in [-0.2, 0) is 9.59 Å². The van der Waals surface area contributed by atoms with Crippen molar-refractivity contribution in [3.05, 3.63) is 0 Å². The second-order valence-corrected chi connectivity index (χ2v) is 3.36. The fraction of sp³-hybridized carbons (Fsp3) is 0.778. The van der Waals surface area contributed by atoms with Crippen LogP contribution in [0.1, 0.15) is 26.7 Å². The number of hydrogen-bond donors (Lipinski definition) is 3. The van der Waals surface area contributed by atoms with E-state index in [1.54, 1.807) is 0 Å². The van der Waals surface area contributed by atoms with Crippen molar-refractivity contribution in [2.75, 3.05) is 6.54 Å². The van der Waals surface area contributed by atoms with Crippen molar-refractivity contribution in [3.63, 3.8) is 0 Å². The zero-order valence-corrected chi connectivity index (χ0v) is 8.62. The molecule has 0 saturated carbocycles. The first-order chi connectivity index (χ1) is 6.49. The van der Waals surface area contributed by atoms with E-state index >= 15 is 0 Å². The maximum atomic E-state index is 11.0. The highest BCUT2D eigenvalue weighted by molar-refractivity contribution is 5.80. The monoisotopic (exact) mass is 202 g/mol. The van der Waals surface area contributed by atoms with Gasteiger partial charge in [0.2, 0.25) is 5.91 Å². The molecule has 0 bridgehead atoms. The third-order valence-corrected chi connectivity index (χ3v) is 2.22. The summed E-state index contributed by atoms with van der Waals surface area (Å²) in [5.74, 6) is -1.18. The van der Waals surface area contributed by atoms with Gasteiger partial charge in [-0.05, 0) is 5.92 Å². The van der Waals surface area contributed by atoms with Gasteiger partial charge in [0.15, 0.2) is 0 Å². The van der Waals surface area contributed by atoms with E-state index in [2.05, 4.69) is 5.32 Å². The van der Waals surface area contributed by atoms with Crippen LogP contribution in [0.3, 0.4) is 0 Å². The van der Waals surface area contributed by atoms with E-state index < -0.39 is 17.9 Å². The fourth-order valence-electron chi connectivity index (χ4n) is 1.15. The molecule has 0 aliphatic rings. The molecule has 4 N–H and O–H groups in total. The van der Waals surface area contributed by atoms with E-state index in [4.69, 9.17) is 10.8 Å². The van der Waals surface area contributed by atoms with Crippen LogP contribution in [-0.4, -0.2) is 29.6 Å². The molecule has 0 spiro atoms. The Balaban J connectivity index is 3.98. The molecule has 0 aliphatic heterocycles. The smallest absolute Gasteiger partial charge is 0.304 e. The Kier molecular flexibility index (Phi) is 5.87. The predicted octanol–water partition coefficient (Wildman–Crippen LogP) is -0.0493. The number of hydrogen-bond acceptors (Lipinski definition) is 3. The lowest BCUT2D eigenvalue weighted by Gasteiger charge is -2.20. The molecule has 1 amide bonds. The van der Waals surface area contributed by atoms with Gasteiger partial charge in [0, 0.05) is 6.54 Å². The molecule has 5 nitrogen and oxygen atoms in total. The van der Waals surface area contributed by atoms with Crippen molar-refractivity contribution in [1.82, 2.24) is 5.32 Å². The Morgan fingerprint density at radius 1 is 1.50 bits per heavy atom. The number of primary amides is 1. The summed E-state index contributed by atoms with van der Waals surface area (Å²) in [5.41, 5.74) is 5.18. The van der Waals surface area contributed by atoms with E-state index in [9.17, 15) is 9.59 Å². The van der Waals surface area contributed by atoms with Crippen LogP contribution in [0.2, 0.25) is 0 Å². The number of nitrogens with two attached hydrogens (primary N) is 1. The lowest BCUT2D eigenvalue weighted by molar-refractivity contribution is -0.137. The molecule has 14 heavy (non-hydrogen) atoms. The Morgan fingerprint density at radius 3 is 2.43 bits per heavy atom. The van der Waals surface area contributed by atoms with Crippen molar-refractivity contribution < 1.29 is 14.7 Å². The van der Waals surface area contributed by atoms with Gasteiger partial charge in [0.1, 0.15) is 0 Å². The molecule has 0 aromatic carbocycles. The van der Waals surface area contributed by atoms with Crippen LogP contribution in [0.25, 0.3) is 0 Å². The summed E-state index contributed by atoms with van der Waals surface area (Å²) in [7, 11) is 0. The number of carbonyl (C=O) groups excluding carboxylic acids is 1. The molecular weight excluding hydrogens is 184 g/mol. The third-order valence-electron chi connectivity index (χ3n) is 2.22. The lowest BCUT2D eigenvalue weighted by atomic mass is 9.98. The highest BCUT2D eigenvalue weighted by Crippen LogP contribution is 2.06. The SMILES string of the molecule is CCC(C)[C@H](NCCC(=O)O)C(N)=O. The summed E-state index contributed by atoms with van der Waals surface area (Å²) in [5, 5.41) is 11.3. The number of aliphatic carboxylic acids is 1. The van der Waals surface area contributed by atoms with Gasteiger partial charge in [-0.25, -0.2) is 0 Å². The van der Waals surface area contributed by atoms with E-state index in [0.29, 0.717) is 0 Å². The van der Waals surface area contributed by atoms with Crippen LogP contribution in [0, 0.1) is 5.92 Å². The first-order valence-electron chi connectivity index (χ1n) is 4.73. The molecule has 82 valence electrons. The maximum absolute atomic E-state index is 11.0.